The molecule has 0 aliphatic carbocycles. The Morgan fingerprint density at radius 3 is 2.36 bits per heavy atom. The molecule has 0 bridgehead atoms. The summed E-state index contributed by atoms with van der Waals surface area (Å²) in [7, 11) is 0. The highest BCUT2D eigenvalue weighted by molar-refractivity contribution is 5.01. The van der Waals surface area contributed by atoms with Crippen LogP contribution >= 0.6 is 0 Å². The average molecular weight is 200 g/mol. The predicted molar refractivity (Wildman–Crippen MR) is 49.1 cm³/mol. The van der Waals surface area contributed by atoms with Crippen LogP contribution in [0.25, 0.3) is 0 Å². The molecule has 5 nitrogen and oxygen atoms in total. The van der Waals surface area contributed by atoms with Crippen molar-refractivity contribution in [3.63, 3.8) is 0 Å². The van der Waals surface area contributed by atoms with E-state index in [2.05, 4.69) is 10.6 Å². The fourth-order valence-corrected chi connectivity index (χ4v) is 2.09. The van der Waals surface area contributed by atoms with E-state index in [1.165, 1.54) is 0 Å². The van der Waals surface area contributed by atoms with Crippen molar-refractivity contribution in [3.8, 4) is 0 Å². The van der Waals surface area contributed by atoms with E-state index in [4.69, 9.17) is 14.2 Å². The maximum atomic E-state index is 5.82. The summed E-state index contributed by atoms with van der Waals surface area (Å²) in [4.78, 5) is 0. The Balaban J connectivity index is 1.63. The fourth-order valence-electron chi connectivity index (χ4n) is 2.09. The Morgan fingerprint density at radius 1 is 0.929 bits per heavy atom. The highest BCUT2D eigenvalue weighted by Crippen LogP contribution is 2.26. The van der Waals surface area contributed by atoms with Gasteiger partial charge in [-0.05, 0) is 0 Å². The van der Waals surface area contributed by atoms with Crippen LogP contribution in [-0.4, -0.2) is 57.4 Å². The first-order chi connectivity index (χ1) is 6.83. The van der Waals surface area contributed by atoms with Crippen molar-refractivity contribution in [2.75, 3.05) is 46.1 Å². The lowest BCUT2D eigenvalue weighted by atomic mass is 9.96. The second-order valence-electron chi connectivity index (χ2n) is 4.39. The second kappa shape index (κ2) is 3.15. The molecule has 3 fully saturated rings. The number of rotatable bonds is 0. The first-order valence-corrected chi connectivity index (χ1v) is 5.12. The van der Waals surface area contributed by atoms with Crippen LogP contribution in [0.15, 0.2) is 0 Å². The molecule has 2 N–H and O–H groups in total. The van der Waals surface area contributed by atoms with Crippen LogP contribution in [0.2, 0.25) is 0 Å². The largest absolute Gasteiger partial charge is 0.378 e. The smallest absolute Gasteiger partial charge is 0.166 e. The summed E-state index contributed by atoms with van der Waals surface area (Å²) in [5, 5.41) is 6.87. The zero-order valence-electron chi connectivity index (χ0n) is 8.17. The van der Waals surface area contributed by atoms with Crippen LogP contribution in [0, 0.1) is 0 Å². The van der Waals surface area contributed by atoms with Crippen LogP contribution in [0.5, 0.6) is 0 Å². The van der Waals surface area contributed by atoms with Crippen molar-refractivity contribution in [1.82, 2.24) is 10.6 Å². The standard InChI is InChI=1S/C9H16N2O3/c1-2-12-4-8(10-1)3-11-9(14-5-8)6-13-7-9/h10-11H,1-7H2. The van der Waals surface area contributed by atoms with Crippen molar-refractivity contribution in [3.05, 3.63) is 0 Å². The Hall–Kier alpha value is -0.200. The molecular weight excluding hydrogens is 184 g/mol. The molecule has 0 aromatic carbocycles. The number of hydrogen-bond acceptors (Lipinski definition) is 5. The quantitative estimate of drug-likeness (QED) is 0.508. The van der Waals surface area contributed by atoms with E-state index in [1.807, 2.05) is 0 Å². The van der Waals surface area contributed by atoms with Crippen LogP contribution in [-0.2, 0) is 14.2 Å². The van der Waals surface area contributed by atoms with Gasteiger partial charge in [0.05, 0.1) is 38.6 Å². The van der Waals surface area contributed by atoms with Gasteiger partial charge in [-0.3, -0.25) is 5.32 Å². The molecule has 0 radical (unpaired) electrons. The van der Waals surface area contributed by atoms with E-state index in [9.17, 15) is 0 Å². The van der Waals surface area contributed by atoms with Crippen molar-refractivity contribution in [2.24, 2.45) is 0 Å². The molecule has 5 heteroatoms. The van der Waals surface area contributed by atoms with Gasteiger partial charge < -0.3 is 19.5 Å². The number of nitrogens with one attached hydrogen (secondary N) is 2. The molecule has 14 heavy (non-hydrogen) atoms. The average Bonchev–Trinajstić information content (AvgIpc) is 2.18. The Labute approximate surface area is 83.1 Å². The summed E-state index contributed by atoms with van der Waals surface area (Å²) in [6.07, 6.45) is 0. The van der Waals surface area contributed by atoms with Gasteiger partial charge in [0.1, 0.15) is 0 Å². The zero-order chi connectivity index (χ0) is 9.49. The lowest BCUT2D eigenvalue weighted by Gasteiger charge is -2.51. The van der Waals surface area contributed by atoms with Crippen molar-refractivity contribution >= 4 is 0 Å². The number of ether oxygens (including phenoxy) is 3. The van der Waals surface area contributed by atoms with Crippen LogP contribution < -0.4 is 10.6 Å². The summed E-state index contributed by atoms with van der Waals surface area (Å²) >= 11 is 0. The first-order valence-electron chi connectivity index (χ1n) is 5.12. The van der Waals surface area contributed by atoms with E-state index in [0.29, 0.717) is 19.8 Å². The van der Waals surface area contributed by atoms with Gasteiger partial charge in [0.2, 0.25) is 0 Å². The lowest BCUT2D eigenvalue weighted by molar-refractivity contribution is -0.258. The van der Waals surface area contributed by atoms with E-state index in [-0.39, 0.29) is 11.3 Å². The number of hydrogen-bond donors (Lipinski definition) is 2. The summed E-state index contributed by atoms with van der Waals surface area (Å²) in [6, 6.07) is 0. The minimum atomic E-state index is -0.190. The summed E-state index contributed by atoms with van der Waals surface area (Å²) in [5.41, 5.74) is -0.205. The third kappa shape index (κ3) is 1.36. The molecule has 3 aliphatic heterocycles. The molecule has 0 saturated carbocycles. The van der Waals surface area contributed by atoms with E-state index in [1.54, 1.807) is 0 Å². The molecule has 2 spiro atoms. The monoisotopic (exact) mass is 200 g/mol. The molecule has 0 aromatic rings. The second-order valence-corrected chi connectivity index (χ2v) is 4.39. The van der Waals surface area contributed by atoms with Gasteiger partial charge in [-0.15, -0.1) is 0 Å². The van der Waals surface area contributed by atoms with Crippen molar-refractivity contribution in [1.29, 1.82) is 0 Å². The first kappa shape index (κ1) is 9.06. The van der Waals surface area contributed by atoms with Gasteiger partial charge in [-0.1, -0.05) is 0 Å². The predicted octanol–water partition coefficient (Wildman–Crippen LogP) is -1.31. The van der Waals surface area contributed by atoms with Crippen LogP contribution in [0.1, 0.15) is 0 Å². The third-order valence-corrected chi connectivity index (χ3v) is 3.17. The molecule has 3 heterocycles. The van der Waals surface area contributed by atoms with Gasteiger partial charge >= 0.3 is 0 Å². The SMILES string of the molecule is C1COCC2(CNC3(COC3)OC2)N1. The normalized spacial score (nSPS) is 41.1. The molecule has 1 unspecified atom stereocenters. The van der Waals surface area contributed by atoms with Gasteiger partial charge in [0.15, 0.2) is 5.72 Å². The summed E-state index contributed by atoms with van der Waals surface area (Å²) in [5.74, 6) is 0. The zero-order valence-corrected chi connectivity index (χ0v) is 8.17. The molecule has 80 valence electrons. The molecule has 0 amide bonds. The molecule has 0 aromatic heterocycles. The van der Waals surface area contributed by atoms with Crippen LogP contribution in [0.4, 0.5) is 0 Å². The summed E-state index contributed by atoms with van der Waals surface area (Å²) in [6.45, 7) is 5.40. The van der Waals surface area contributed by atoms with Gasteiger partial charge in [-0.2, -0.15) is 0 Å². The third-order valence-electron chi connectivity index (χ3n) is 3.17. The molecular formula is C9H16N2O3. The lowest BCUT2D eigenvalue weighted by Crippen LogP contribution is -2.75. The number of morpholine rings is 1. The molecule has 3 rings (SSSR count). The van der Waals surface area contributed by atoms with E-state index >= 15 is 0 Å². The fraction of sp³-hybridized carbons (Fsp3) is 1.00. The maximum absolute atomic E-state index is 5.82. The Kier molecular flexibility index (Phi) is 2.04. The highest BCUT2D eigenvalue weighted by Gasteiger charge is 2.48. The Morgan fingerprint density at radius 2 is 1.86 bits per heavy atom. The van der Waals surface area contributed by atoms with Crippen LogP contribution in [0.3, 0.4) is 0 Å². The van der Waals surface area contributed by atoms with Gasteiger partial charge in [-0.25, -0.2) is 0 Å². The van der Waals surface area contributed by atoms with Gasteiger partial charge in [0, 0.05) is 13.1 Å². The topological polar surface area (TPSA) is 51.8 Å². The van der Waals surface area contributed by atoms with Crippen molar-refractivity contribution in [2.45, 2.75) is 11.3 Å². The molecule has 3 aliphatic rings. The maximum Gasteiger partial charge on any atom is 0.166 e. The van der Waals surface area contributed by atoms with Gasteiger partial charge in [0.25, 0.3) is 0 Å². The minimum Gasteiger partial charge on any atom is -0.378 e. The van der Waals surface area contributed by atoms with E-state index < -0.39 is 0 Å². The molecule has 3 saturated heterocycles. The van der Waals surface area contributed by atoms with Crippen molar-refractivity contribution < 1.29 is 14.2 Å². The minimum absolute atomic E-state index is 0.0148. The molecule has 1 atom stereocenters. The van der Waals surface area contributed by atoms with E-state index in [0.717, 1.165) is 26.3 Å². The summed E-state index contributed by atoms with van der Waals surface area (Å²) < 4.78 is 16.4. The highest BCUT2D eigenvalue weighted by atomic mass is 16.6. The Bertz CT molecular complexity index is 212.